The van der Waals surface area contributed by atoms with Gasteiger partial charge in [0.15, 0.2) is 5.16 Å². The first-order valence-electron chi connectivity index (χ1n) is 8.75. The third-order valence-corrected chi connectivity index (χ3v) is 5.66. The van der Waals surface area contributed by atoms with Crippen LogP contribution in [0.25, 0.3) is 0 Å². The maximum absolute atomic E-state index is 13.3. The largest absolute Gasteiger partial charge is 0.366 e. The maximum atomic E-state index is 13.3. The van der Waals surface area contributed by atoms with E-state index in [-0.39, 0.29) is 29.8 Å². The van der Waals surface area contributed by atoms with E-state index >= 15 is 0 Å². The van der Waals surface area contributed by atoms with E-state index in [4.69, 9.17) is 0 Å². The van der Waals surface area contributed by atoms with Crippen LogP contribution in [-0.2, 0) is 4.79 Å². The van der Waals surface area contributed by atoms with Gasteiger partial charge in [0.2, 0.25) is 0 Å². The molecule has 2 aliphatic rings. The third-order valence-electron chi connectivity index (χ3n) is 4.75. The lowest BCUT2D eigenvalue weighted by Gasteiger charge is -2.33. The molecule has 27 heavy (non-hydrogen) atoms. The second kappa shape index (κ2) is 7.28. The second-order valence-electron chi connectivity index (χ2n) is 6.73. The van der Waals surface area contributed by atoms with E-state index in [0.717, 1.165) is 17.0 Å². The fourth-order valence-electron chi connectivity index (χ4n) is 3.50. The number of aromatic nitrogens is 2. The molecular formula is C19H20FN5OS. The summed E-state index contributed by atoms with van der Waals surface area (Å²) in [5.41, 5.74) is 5.95. The van der Waals surface area contributed by atoms with Crippen LogP contribution in [0.4, 0.5) is 4.39 Å². The fourth-order valence-corrected chi connectivity index (χ4v) is 4.29. The summed E-state index contributed by atoms with van der Waals surface area (Å²) in [6.07, 6.45) is 3.11. The van der Waals surface area contributed by atoms with Gasteiger partial charge in [-0.15, -0.1) is 0 Å². The van der Waals surface area contributed by atoms with Gasteiger partial charge in [-0.25, -0.2) is 19.8 Å². The van der Waals surface area contributed by atoms with Crippen LogP contribution in [0.5, 0.6) is 0 Å². The van der Waals surface area contributed by atoms with E-state index < -0.39 is 0 Å². The van der Waals surface area contributed by atoms with Crippen LogP contribution in [0.1, 0.15) is 24.1 Å². The van der Waals surface area contributed by atoms with E-state index in [1.165, 1.54) is 23.9 Å². The molecule has 2 aliphatic heterocycles. The van der Waals surface area contributed by atoms with Crippen molar-refractivity contribution >= 4 is 17.7 Å². The van der Waals surface area contributed by atoms with Gasteiger partial charge in [0.25, 0.3) is 5.91 Å². The molecule has 0 bridgehead atoms. The highest BCUT2D eigenvalue weighted by Gasteiger charge is 2.44. The minimum absolute atomic E-state index is 0.0125. The van der Waals surface area contributed by atoms with Crippen molar-refractivity contribution < 1.29 is 9.18 Å². The Hall–Kier alpha value is -2.45. The number of carbonyl (C=O) groups is 1. The standard InChI is InChI=1S/C19H20FN5OS/c1-11-7-8-21-19(22-11)27-10-15-9-16(26)25-18(23-15)17(12(2)24-25)13-3-5-14(20)6-4-13/h3-9,12,17-18,23-24H,10H2,1-2H3. The molecule has 2 aromatic rings. The zero-order chi connectivity index (χ0) is 19.0. The average Bonchev–Trinajstić information content (AvgIpc) is 2.98. The first-order chi connectivity index (χ1) is 13.0. The quantitative estimate of drug-likeness (QED) is 0.622. The van der Waals surface area contributed by atoms with E-state index in [9.17, 15) is 9.18 Å². The van der Waals surface area contributed by atoms with E-state index in [1.807, 2.05) is 19.9 Å². The molecule has 3 heterocycles. The van der Waals surface area contributed by atoms with Crippen LogP contribution < -0.4 is 10.7 Å². The van der Waals surface area contributed by atoms with Crippen molar-refractivity contribution in [3.63, 3.8) is 0 Å². The average molecular weight is 385 g/mol. The van der Waals surface area contributed by atoms with E-state index in [0.29, 0.717) is 10.9 Å². The van der Waals surface area contributed by atoms with E-state index in [1.54, 1.807) is 29.4 Å². The molecule has 3 atom stereocenters. The summed E-state index contributed by atoms with van der Waals surface area (Å²) in [5, 5.41) is 5.76. The molecule has 140 valence electrons. The minimum atomic E-state index is -0.267. The topological polar surface area (TPSA) is 70.2 Å². The predicted molar refractivity (Wildman–Crippen MR) is 101 cm³/mol. The lowest BCUT2D eigenvalue weighted by atomic mass is 9.90. The molecule has 1 aromatic heterocycles. The predicted octanol–water partition coefficient (Wildman–Crippen LogP) is 2.35. The summed E-state index contributed by atoms with van der Waals surface area (Å²) in [6.45, 7) is 3.94. The molecule has 1 saturated heterocycles. The number of aryl methyl sites for hydroxylation is 1. The summed E-state index contributed by atoms with van der Waals surface area (Å²) in [5.74, 6) is 0.232. The van der Waals surface area contributed by atoms with Gasteiger partial charge in [-0.05, 0) is 37.6 Å². The van der Waals surface area contributed by atoms with Gasteiger partial charge in [-0.1, -0.05) is 23.9 Å². The van der Waals surface area contributed by atoms with Crippen LogP contribution in [0, 0.1) is 12.7 Å². The van der Waals surface area contributed by atoms with Gasteiger partial charge in [0.1, 0.15) is 12.0 Å². The number of fused-ring (bicyclic) bond motifs is 1. The Kier molecular flexibility index (Phi) is 4.84. The highest BCUT2D eigenvalue weighted by molar-refractivity contribution is 7.99. The van der Waals surface area contributed by atoms with Gasteiger partial charge in [-0.2, -0.15) is 0 Å². The molecule has 6 nitrogen and oxygen atoms in total. The molecule has 8 heteroatoms. The summed E-state index contributed by atoms with van der Waals surface area (Å²) >= 11 is 1.48. The number of halogens is 1. The number of nitrogens with zero attached hydrogens (tertiary/aromatic N) is 3. The molecule has 0 radical (unpaired) electrons. The number of benzene rings is 1. The first-order valence-corrected chi connectivity index (χ1v) is 9.74. The van der Waals surface area contributed by atoms with Gasteiger partial charge in [0.05, 0.1) is 0 Å². The zero-order valence-electron chi connectivity index (χ0n) is 15.0. The van der Waals surface area contributed by atoms with Crippen molar-refractivity contribution in [2.45, 2.75) is 37.1 Å². The monoisotopic (exact) mass is 385 g/mol. The van der Waals surface area contributed by atoms with Crippen LogP contribution in [-0.4, -0.2) is 38.8 Å². The summed E-state index contributed by atoms with van der Waals surface area (Å²) in [6, 6.07) is 8.36. The molecular weight excluding hydrogens is 365 g/mol. The van der Waals surface area contributed by atoms with Crippen LogP contribution >= 0.6 is 11.8 Å². The van der Waals surface area contributed by atoms with Crippen molar-refractivity contribution in [1.29, 1.82) is 0 Å². The SMILES string of the molecule is Cc1ccnc(SCC2=CC(=O)N3NC(C)C(c4ccc(F)cc4)C3N2)n1. The normalized spacial score (nSPS) is 24.4. The van der Waals surface area contributed by atoms with Crippen molar-refractivity contribution in [3.8, 4) is 0 Å². The number of amides is 1. The van der Waals surface area contributed by atoms with Gasteiger partial charge in [0, 0.05) is 41.4 Å². The molecule has 2 N–H and O–H groups in total. The Morgan fingerprint density at radius 1 is 1.26 bits per heavy atom. The van der Waals surface area contributed by atoms with Crippen molar-refractivity contribution in [2.24, 2.45) is 0 Å². The number of hydrogen-bond acceptors (Lipinski definition) is 6. The molecule has 1 aromatic carbocycles. The van der Waals surface area contributed by atoms with Gasteiger partial charge >= 0.3 is 0 Å². The van der Waals surface area contributed by atoms with Gasteiger partial charge in [-0.3, -0.25) is 9.80 Å². The molecule has 1 fully saturated rings. The zero-order valence-corrected chi connectivity index (χ0v) is 15.8. The molecule has 0 saturated carbocycles. The number of carbonyl (C=O) groups excluding carboxylic acids is 1. The smallest absolute Gasteiger partial charge is 0.264 e. The Labute approximate surface area is 161 Å². The number of nitrogens with one attached hydrogen (secondary N) is 2. The molecule has 0 aliphatic carbocycles. The molecule has 1 amide bonds. The lowest BCUT2D eigenvalue weighted by Crippen LogP contribution is -2.53. The van der Waals surface area contributed by atoms with Crippen molar-refractivity contribution in [1.82, 2.24) is 25.7 Å². The molecule has 0 spiro atoms. The van der Waals surface area contributed by atoms with Crippen LogP contribution in [0.3, 0.4) is 0 Å². The molecule has 4 rings (SSSR count). The number of hydrazine groups is 1. The van der Waals surface area contributed by atoms with Crippen LogP contribution in [0.2, 0.25) is 0 Å². The Balaban J connectivity index is 1.52. The second-order valence-corrected chi connectivity index (χ2v) is 7.67. The third kappa shape index (κ3) is 3.68. The first kappa shape index (κ1) is 17.9. The van der Waals surface area contributed by atoms with Crippen LogP contribution in [0.15, 0.2) is 53.5 Å². The number of hydrogen-bond donors (Lipinski definition) is 2. The Morgan fingerprint density at radius 3 is 2.78 bits per heavy atom. The fraction of sp³-hybridized carbons (Fsp3) is 0.316. The number of thioether (sulfide) groups is 1. The van der Waals surface area contributed by atoms with Crippen molar-refractivity contribution in [2.75, 3.05) is 5.75 Å². The Bertz CT molecular complexity index is 888. The lowest BCUT2D eigenvalue weighted by molar-refractivity contribution is -0.131. The highest BCUT2D eigenvalue weighted by Crippen LogP contribution is 2.33. The number of rotatable bonds is 4. The summed E-state index contributed by atoms with van der Waals surface area (Å²) in [4.78, 5) is 21.2. The van der Waals surface area contributed by atoms with Crippen molar-refractivity contribution in [3.05, 3.63) is 65.4 Å². The maximum Gasteiger partial charge on any atom is 0.264 e. The van der Waals surface area contributed by atoms with E-state index in [2.05, 4.69) is 20.7 Å². The van der Waals surface area contributed by atoms with Gasteiger partial charge < -0.3 is 5.32 Å². The Morgan fingerprint density at radius 2 is 2.04 bits per heavy atom. The summed E-state index contributed by atoms with van der Waals surface area (Å²) < 4.78 is 13.3. The summed E-state index contributed by atoms with van der Waals surface area (Å²) in [7, 11) is 0. The highest BCUT2D eigenvalue weighted by atomic mass is 32.2. The molecule has 3 unspecified atom stereocenters. The minimum Gasteiger partial charge on any atom is -0.366 e.